The molecule has 0 unspecified atom stereocenters. The van der Waals surface area contributed by atoms with Gasteiger partial charge < -0.3 is 20.3 Å². The predicted octanol–water partition coefficient (Wildman–Crippen LogP) is 5.22. The monoisotopic (exact) mass is 529 g/mol. The number of amides is 1. The van der Waals surface area contributed by atoms with E-state index in [-0.39, 0.29) is 5.91 Å². The molecule has 4 aromatic rings. The zero-order valence-corrected chi connectivity index (χ0v) is 21.8. The maximum Gasteiger partial charge on any atom is 0.247 e. The number of rotatable bonds is 8. The number of aromatic nitrogens is 3. The lowest BCUT2D eigenvalue weighted by Gasteiger charge is -2.36. The fourth-order valence-corrected chi connectivity index (χ4v) is 4.60. The van der Waals surface area contributed by atoms with Gasteiger partial charge in [0, 0.05) is 30.4 Å². The van der Waals surface area contributed by atoms with Gasteiger partial charge >= 0.3 is 0 Å². The third-order valence-electron chi connectivity index (χ3n) is 6.21. The van der Waals surface area contributed by atoms with Gasteiger partial charge in [-0.1, -0.05) is 24.2 Å². The van der Waals surface area contributed by atoms with Crippen LogP contribution in [0.25, 0.3) is 10.9 Å². The van der Waals surface area contributed by atoms with E-state index in [4.69, 9.17) is 16.3 Å². The minimum absolute atomic E-state index is 0.282. The number of carbonyl (C=O) groups excluding carboxylic acids is 1. The second-order valence-electron chi connectivity index (χ2n) is 9.02. The lowest BCUT2D eigenvalue weighted by atomic mass is 10.1. The fourth-order valence-electron chi connectivity index (χ4n) is 4.37. The van der Waals surface area contributed by atoms with Gasteiger partial charge in [-0.3, -0.25) is 14.7 Å². The van der Waals surface area contributed by atoms with Gasteiger partial charge in [0.05, 0.1) is 34.3 Å². The Morgan fingerprint density at radius 1 is 1.16 bits per heavy atom. The van der Waals surface area contributed by atoms with Gasteiger partial charge in [-0.25, -0.2) is 9.97 Å². The standard InChI is InChI=1S/C28H28ClN7O2/c1-3-27(37)34-24-14-21-23(15-25(24)36-12-6-11-35(2)18-36)31-17-32-28(21)33-19-8-9-26(22(29)13-19)38-16-20-7-4-5-10-30-20/h3-5,7-10,13-15,17H,1,6,11-12,16,18H2,2H3,(H,34,37)(H,31,32,33). The van der Waals surface area contributed by atoms with Gasteiger partial charge in [0.15, 0.2) is 0 Å². The summed E-state index contributed by atoms with van der Waals surface area (Å²) in [5.41, 5.74) is 3.88. The molecule has 1 fully saturated rings. The molecular formula is C28H28ClN7O2. The van der Waals surface area contributed by atoms with Crippen molar-refractivity contribution in [3.05, 3.63) is 84.4 Å². The quantitative estimate of drug-likeness (QED) is 0.300. The van der Waals surface area contributed by atoms with E-state index in [0.717, 1.165) is 54.2 Å². The van der Waals surface area contributed by atoms with Crippen LogP contribution in [0.15, 0.2) is 73.7 Å². The first-order valence-electron chi connectivity index (χ1n) is 12.2. The third-order valence-corrected chi connectivity index (χ3v) is 6.51. The molecule has 3 heterocycles. The number of hydrogen-bond acceptors (Lipinski definition) is 8. The maximum absolute atomic E-state index is 12.3. The van der Waals surface area contributed by atoms with Crippen LogP contribution in [0.3, 0.4) is 0 Å². The number of benzene rings is 2. The summed E-state index contributed by atoms with van der Waals surface area (Å²) in [6.07, 6.45) is 5.53. The summed E-state index contributed by atoms with van der Waals surface area (Å²) >= 11 is 6.51. The van der Waals surface area contributed by atoms with E-state index in [1.165, 1.54) is 12.4 Å². The van der Waals surface area contributed by atoms with Crippen molar-refractivity contribution in [2.45, 2.75) is 13.0 Å². The number of ether oxygens (including phenoxy) is 1. The van der Waals surface area contributed by atoms with Crippen LogP contribution < -0.4 is 20.3 Å². The van der Waals surface area contributed by atoms with Crippen LogP contribution >= 0.6 is 11.6 Å². The normalized spacial score (nSPS) is 13.8. The Bertz CT molecular complexity index is 1460. The SMILES string of the molecule is C=CC(=O)Nc1cc2c(Nc3ccc(OCc4ccccn4)c(Cl)c3)ncnc2cc1N1CCCN(C)C1. The highest BCUT2D eigenvalue weighted by Crippen LogP contribution is 2.36. The molecule has 0 atom stereocenters. The van der Waals surface area contributed by atoms with Gasteiger partial charge in [-0.15, -0.1) is 0 Å². The van der Waals surface area contributed by atoms with E-state index in [1.54, 1.807) is 18.3 Å². The van der Waals surface area contributed by atoms with Crippen LogP contribution in [0.4, 0.5) is 22.9 Å². The van der Waals surface area contributed by atoms with Crippen LogP contribution in [0, 0.1) is 0 Å². The summed E-state index contributed by atoms with van der Waals surface area (Å²) in [4.78, 5) is 30.0. The molecule has 0 radical (unpaired) electrons. The molecule has 1 saturated heterocycles. The molecule has 0 spiro atoms. The highest BCUT2D eigenvalue weighted by Gasteiger charge is 2.20. The smallest absolute Gasteiger partial charge is 0.247 e. The number of halogens is 1. The lowest BCUT2D eigenvalue weighted by molar-refractivity contribution is -0.111. The average Bonchev–Trinajstić information content (AvgIpc) is 2.93. The van der Waals surface area contributed by atoms with Crippen molar-refractivity contribution in [3.63, 3.8) is 0 Å². The van der Waals surface area contributed by atoms with Crippen LogP contribution in [0.1, 0.15) is 12.1 Å². The fraction of sp³-hybridized carbons (Fsp3) is 0.214. The van der Waals surface area contributed by atoms with Gasteiger partial charge in [0.1, 0.15) is 24.5 Å². The van der Waals surface area contributed by atoms with Crippen molar-refractivity contribution < 1.29 is 9.53 Å². The number of nitrogens with zero attached hydrogens (tertiary/aromatic N) is 5. The zero-order chi connectivity index (χ0) is 26.5. The number of carbonyl (C=O) groups is 1. The largest absolute Gasteiger partial charge is 0.486 e. The molecule has 9 nitrogen and oxygen atoms in total. The number of nitrogens with one attached hydrogen (secondary N) is 2. The second-order valence-corrected chi connectivity index (χ2v) is 9.43. The van der Waals surface area contributed by atoms with Gasteiger partial charge in [-0.2, -0.15) is 0 Å². The van der Waals surface area contributed by atoms with Crippen molar-refractivity contribution in [2.24, 2.45) is 0 Å². The van der Waals surface area contributed by atoms with E-state index in [9.17, 15) is 4.79 Å². The number of hydrogen-bond donors (Lipinski definition) is 2. The summed E-state index contributed by atoms with van der Waals surface area (Å²) in [5.74, 6) is 0.862. The van der Waals surface area contributed by atoms with Gasteiger partial charge in [0.2, 0.25) is 5.91 Å². The molecule has 0 saturated carbocycles. The van der Waals surface area contributed by atoms with Gasteiger partial charge in [-0.05, 0) is 62.0 Å². The molecule has 2 aromatic heterocycles. The van der Waals surface area contributed by atoms with Crippen molar-refractivity contribution in [3.8, 4) is 5.75 Å². The number of fused-ring (bicyclic) bond motifs is 1. The predicted molar refractivity (Wildman–Crippen MR) is 151 cm³/mol. The molecule has 2 aromatic carbocycles. The molecule has 1 amide bonds. The van der Waals surface area contributed by atoms with E-state index in [1.807, 2.05) is 36.4 Å². The van der Waals surface area contributed by atoms with Crippen molar-refractivity contribution >= 4 is 51.3 Å². The van der Waals surface area contributed by atoms with Crippen LogP contribution in [-0.4, -0.2) is 52.6 Å². The van der Waals surface area contributed by atoms with Crippen LogP contribution in [0.2, 0.25) is 5.02 Å². The van der Waals surface area contributed by atoms with Crippen molar-refractivity contribution in [2.75, 3.05) is 42.3 Å². The number of pyridine rings is 1. The maximum atomic E-state index is 12.3. The van der Waals surface area contributed by atoms with E-state index >= 15 is 0 Å². The van der Waals surface area contributed by atoms with Crippen LogP contribution in [0.5, 0.6) is 5.75 Å². The Morgan fingerprint density at radius 3 is 2.82 bits per heavy atom. The summed E-state index contributed by atoms with van der Waals surface area (Å²) in [5, 5.41) is 7.50. The Morgan fingerprint density at radius 2 is 2.05 bits per heavy atom. The van der Waals surface area contributed by atoms with E-state index in [2.05, 4.69) is 49.0 Å². The molecule has 1 aliphatic rings. The Labute approximate surface area is 226 Å². The third kappa shape index (κ3) is 5.85. The summed E-state index contributed by atoms with van der Waals surface area (Å²) in [6.45, 7) is 6.59. The Balaban J connectivity index is 1.43. The second kappa shape index (κ2) is 11.5. The minimum Gasteiger partial charge on any atom is -0.486 e. The molecule has 1 aliphatic heterocycles. The first-order chi connectivity index (χ1) is 18.5. The molecule has 0 aliphatic carbocycles. The van der Waals surface area contributed by atoms with Crippen molar-refractivity contribution in [1.82, 2.24) is 19.9 Å². The molecule has 194 valence electrons. The van der Waals surface area contributed by atoms with Gasteiger partial charge in [0.25, 0.3) is 0 Å². The zero-order valence-electron chi connectivity index (χ0n) is 21.0. The van der Waals surface area contributed by atoms with Crippen molar-refractivity contribution in [1.29, 1.82) is 0 Å². The van der Waals surface area contributed by atoms with Crippen LogP contribution in [-0.2, 0) is 11.4 Å². The molecule has 0 bridgehead atoms. The summed E-state index contributed by atoms with van der Waals surface area (Å²) in [7, 11) is 2.08. The summed E-state index contributed by atoms with van der Waals surface area (Å²) in [6, 6.07) is 15.0. The molecule has 5 rings (SSSR count). The first-order valence-corrected chi connectivity index (χ1v) is 12.6. The Kier molecular flexibility index (Phi) is 7.67. The molecule has 2 N–H and O–H groups in total. The summed E-state index contributed by atoms with van der Waals surface area (Å²) < 4.78 is 5.84. The molecule has 38 heavy (non-hydrogen) atoms. The van der Waals surface area contributed by atoms with E-state index < -0.39 is 0 Å². The Hall–Kier alpha value is -4.21. The number of anilines is 4. The highest BCUT2D eigenvalue weighted by molar-refractivity contribution is 6.32. The minimum atomic E-state index is -0.282. The highest BCUT2D eigenvalue weighted by atomic mass is 35.5. The molecular weight excluding hydrogens is 502 g/mol. The average molecular weight is 530 g/mol. The first kappa shape index (κ1) is 25.4. The molecule has 10 heteroatoms. The lowest BCUT2D eigenvalue weighted by Crippen LogP contribution is -2.43. The topological polar surface area (TPSA) is 95.5 Å². The van der Waals surface area contributed by atoms with E-state index in [0.29, 0.717) is 28.9 Å².